The van der Waals surface area contributed by atoms with Crippen LogP contribution >= 0.6 is 12.4 Å². The number of rotatable bonds is 8. The van der Waals surface area contributed by atoms with Crippen LogP contribution in [0.5, 0.6) is 0 Å². The molecular weight excluding hydrogens is 386 g/mol. The zero-order chi connectivity index (χ0) is 19.2. The first-order chi connectivity index (χ1) is 12.4. The molecular formula is C19H32ClN3O3S. The van der Waals surface area contributed by atoms with Crippen molar-refractivity contribution in [2.24, 2.45) is 17.1 Å². The van der Waals surface area contributed by atoms with Crippen molar-refractivity contribution in [1.29, 1.82) is 0 Å². The summed E-state index contributed by atoms with van der Waals surface area (Å²) in [4.78, 5) is 12.9. The number of sulfonamides is 1. The predicted molar refractivity (Wildman–Crippen MR) is 110 cm³/mol. The molecule has 1 aliphatic rings. The van der Waals surface area contributed by atoms with Crippen LogP contribution in [-0.4, -0.2) is 44.8 Å². The fourth-order valence-corrected chi connectivity index (χ4v) is 4.96. The first-order valence-corrected chi connectivity index (χ1v) is 10.9. The van der Waals surface area contributed by atoms with Gasteiger partial charge in [-0.2, -0.15) is 4.31 Å². The number of piperidine rings is 1. The number of benzene rings is 1. The second kappa shape index (κ2) is 10.4. The van der Waals surface area contributed by atoms with Crippen LogP contribution in [0.2, 0.25) is 0 Å². The van der Waals surface area contributed by atoms with E-state index in [-0.39, 0.29) is 18.3 Å². The Morgan fingerprint density at radius 3 is 2.22 bits per heavy atom. The van der Waals surface area contributed by atoms with Crippen LogP contribution in [0, 0.1) is 11.3 Å². The summed E-state index contributed by atoms with van der Waals surface area (Å²) >= 11 is 0. The maximum atomic E-state index is 12.7. The fraction of sp³-hybridized carbons (Fsp3) is 0.632. The lowest BCUT2D eigenvalue weighted by Gasteiger charge is -2.33. The Hall–Kier alpha value is -1.15. The molecule has 1 aromatic rings. The van der Waals surface area contributed by atoms with Crippen molar-refractivity contribution in [1.82, 2.24) is 9.62 Å². The molecule has 1 heterocycles. The molecule has 2 rings (SSSR count). The van der Waals surface area contributed by atoms with Crippen molar-refractivity contribution in [3.63, 3.8) is 0 Å². The van der Waals surface area contributed by atoms with Crippen molar-refractivity contribution in [2.45, 2.75) is 44.4 Å². The van der Waals surface area contributed by atoms with E-state index >= 15 is 0 Å². The maximum absolute atomic E-state index is 12.7. The van der Waals surface area contributed by atoms with Crippen molar-refractivity contribution in [3.8, 4) is 0 Å². The summed E-state index contributed by atoms with van der Waals surface area (Å²) in [6.45, 7) is 5.88. The highest BCUT2D eigenvalue weighted by atomic mass is 35.5. The molecule has 0 unspecified atom stereocenters. The zero-order valence-electron chi connectivity index (χ0n) is 16.2. The molecule has 1 saturated heterocycles. The molecule has 0 radical (unpaired) electrons. The number of carbonyl (C=O) groups is 1. The summed E-state index contributed by atoms with van der Waals surface area (Å²) in [5.74, 6) is 0.315. The lowest BCUT2D eigenvalue weighted by atomic mass is 9.81. The molecule has 154 valence electrons. The largest absolute Gasteiger partial charge is 0.355 e. The number of nitrogens with zero attached hydrogens (tertiary/aromatic N) is 1. The number of hydrogen-bond acceptors (Lipinski definition) is 4. The number of amides is 1. The molecule has 0 aromatic heterocycles. The third kappa shape index (κ3) is 5.44. The van der Waals surface area contributed by atoms with Gasteiger partial charge in [0, 0.05) is 26.2 Å². The van der Waals surface area contributed by atoms with Crippen LogP contribution in [0.15, 0.2) is 35.2 Å². The number of halogens is 1. The Labute approximate surface area is 169 Å². The van der Waals surface area contributed by atoms with Gasteiger partial charge in [0.05, 0.1) is 10.3 Å². The van der Waals surface area contributed by atoms with Gasteiger partial charge in [-0.15, -0.1) is 12.4 Å². The van der Waals surface area contributed by atoms with E-state index < -0.39 is 15.4 Å². The normalized spacial score (nSPS) is 16.6. The molecule has 1 aromatic carbocycles. The molecule has 0 aliphatic carbocycles. The van der Waals surface area contributed by atoms with E-state index in [1.165, 1.54) is 0 Å². The summed E-state index contributed by atoms with van der Waals surface area (Å²) < 4.78 is 26.8. The molecule has 27 heavy (non-hydrogen) atoms. The average molecular weight is 418 g/mol. The molecule has 1 amide bonds. The van der Waals surface area contributed by atoms with E-state index in [0.29, 0.717) is 37.0 Å². The van der Waals surface area contributed by atoms with Crippen LogP contribution in [-0.2, 0) is 14.8 Å². The number of carbonyl (C=O) groups excluding carboxylic acids is 1. The van der Waals surface area contributed by atoms with Crippen molar-refractivity contribution in [2.75, 3.05) is 26.2 Å². The standard InChI is InChI=1S/C19H31N3O3S.ClH/c1-3-19(4-2,15-20)18(23)21-14-16-10-12-22(13-11-16)26(24,25)17-8-6-5-7-9-17;/h5-9,16H,3-4,10-15,20H2,1-2H3,(H,21,23);1H. The van der Waals surface area contributed by atoms with Crippen molar-refractivity contribution >= 4 is 28.3 Å². The molecule has 8 heteroatoms. The molecule has 1 aliphatic heterocycles. The first kappa shape index (κ1) is 23.9. The lowest BCUT2D eigenvalue weighted by molar-refractivity contribution is -0.131. The lowest BCUT2D eigenvalue weighted by Crippen LogP contribution is -2.48. The van der Waals surface area contributed by atoms with E-state index in [2.05, 4.69) is 5.32 Å². The molecule has 0 saturated carbocycles. The van der Waals surface area contributed by atoms with E-state index in [4.69, 9.17) is 5.73 Å². The first-order valence-electron chi connectivity index (χ1n) is 9.43. The highest BCUT2D eigenvalue weighted by molar-refractivity contribution is 7.89. The second-order valence-electron chi connectivity index (χ2n) is 7.06. The Morgan fingerprint density at radius 1 is 1.19 bits per heavy atom. The Kier molecular flexibility index (Phi) is 9.21. The number of nitrogens with one attached hydrogen (secondary N) is 1. The summed E-state index contributed by atoms with van der Waals surface area (Å²) in [6.07, 6.45) is 2.94. The summed E-state index contributed by atoms with van der Waals surface area (Å²) in [6, 6.07) is 8.54. The quantitative estimate of drug-likeness (QED) is 0.679. The van der Waals surface area contributed by atoms with Crippen LogP contribution in [0.25, 0.3) is 0 Å². The van der Waals surface area contributed by atoms with Crippen molar-refractivity contribution in [3.05, 3.63) is 30.3 Å². The minimum absolute atomic E-state index is 0. The molecule has 6 nitrogen and oxygen atoms in total. The number of nitrogens with two attached hydrogens (primary N) is 1. The van der Waals surface area contributed by atoms with Gasteiger partial charge in [-0.05, 0) is 43.7 Å². The SMILES string of the molecule is CCC(CC)(CN)C(=O)NCC1CCN(S(=O)(=O)c2ccccc2)CC1.Cl. The van der Waals surface area contributed by atoms with Gasteiger partial charge < -0.3 is 11.1 Å². The van der Waals surface area contributed by atoms with Gasteiger partial charge in [0.1, 0.15) is 0 Å². The topological polar surface area (TPSA) is 92.5 Å². The Morgan fingerprint density at radius 2 is 1.74 bits per heavy atom. The smallest absolute Gasteiger partial charge is 0.243 e. The van der Waals surface area contributed by atoms with Crippen LogP contribution in [0.4, 0.5) is 0 Å². The maximum Gasteiger partial charge on any atom is 0.243 e. The predicted octanol–water partition coefficient (Wildman–Crippen LogP) is 2.39. The minimum Gasteiger partial charge on any atom is -0.355 e. The summed E-state index contributed by atoms with van der Waals surface area (Å²) in [5, 5.41) is 3.04. The zero-order valence-corrected chi connectivity index (χ0v) is 17.8. The second-order valence-corrected chi connectivity index (χ2v) is 9.00. The average Bonchev–Trinajstić information content (AvgIpc) is 2.69. The minimum atomic E-state index is -3.42. The Balaban J connectivity index is 0.00000364. The molecule has 0 bridgehead atoms. The highest BCUT2D eigenvalue weighted by Crippen LogP contribution is 2.26. The fourth-order valence-electron chi connectivity index (χ4n) is 3.47. The molecule has 1 fully saturated rings. The van der Waals surface area contributed by atoms with Gasteiger partial charge in [-0.1, -0.05) is 32.0 Å². The van der Waals surface area contributed by atoms with Gasteiger partial charge in [0.2, 0.25) is 15.9 Å². The van der Waals surface area contributed by atoms with Gasteiger partial charge >= 0.3 is 0 Å². The highest BCUT2D eigenvalue weighted by Gasteiger charge is 2.34. The van der Waals surface area contributed by atoms with Gasteiger partial charge in [0.15, 0.2) is 0 Å². The molecule has 3 N–H and O–H groups in total. The molecule has 0 atom stereocenters. The van der Waals surface area contributed by atoms with Gasteiger partial charge in [-0.3, -0.25) is 4.79 Å². The van der Waals surface area contributed by atoms with Gasteiger partial charge in [-0.25, -0.2) is 8.42 Å². The third-order valence-electron chi connectivity index (χ3n) is 5.73. The van der Waals surface area contributed by atoms with E-state index in [0.717, 1.165) is 25.7 Å². The molecule has 0 spiro atoms. The van der Waals surface area contributed by atoms with E-state index in [1.807, 2.05) is 19.9 Å². The van der Waals surface area contributed by atoms with E-state index in [1.54, 1.807) is 28.6 Å². The summed E-state index contributed by atoms with van der Waals surface area (Å²) in [5.41, 5.74) is 5.34. The van der Waals surface area contributed by atoms with E-state index in [9.17, 15) is 13.2 Å². The summed E-state index contributed by atoms with van der Waals surface area (Å²) in [7, 11) is -3.42. The monoisotopic (exact) mass is 417 g/mol. The number of hydrogen-bond donors (Lipinski definition) is 2. The Bertz CT molecular complexity index is 677. The third-order valence-corrected chi connectivity index (χ3v) is 7.64. The van der Waals surface area contributed by atoms with Crippen LogP contribution in [0.3, 0.4) is 0 Å². The van der Waals surface area contributed by atoms with Gasteiger partial charge in [0.25, 0.3) is 0 Å². The van der Waals surface area contributed by atoms with Crippen molar-refractivity contribution < 1.29 is 13.2 Å². The van der Waals surface area contributed by atoms with Crippen LogP contribution < -0.4 is 11.1 Å². The van der Waals surface area contributed by atoms with Crippen LogP contribution in [0.1, 0.15) is 39.5 Å².